The fourth-order valence-electron chi connectivity index (χ4n) is 2.81. The number of benzene rings is 1. The number of nitrogens with one attached hydrogen (secondary N) is 1. The number of halogens is 3. The highest BCUT2D eigenvalue weighted by atomic mass is 35.5. The second kappa shape index (κ2) is 6.49. The van der Waals surface area contributed by atoms with Crippen LogP contribution in [-0.4, -0.2) is 38.2 Å². The summed E-state index contributed by atoms with van der Waals surface area (Å²) < 4.78 is 33.6. The van der Waals surface area contributed by atoms with Crippen LogP contribution in [0.2, 0.25) is 5.02 Å². The van der Waals surface area contributed by atoms with E-state index in [1.807, 2.05) is 0 Å². The van der Waals surface area contributed by atoms with Gasteiger partial charge in [-0.15, -0.1) is 5.10 Å². The first kappa shape index (κ1) is 16.1. The Kier molecular flexibility index (Phi) is 4.18. The number of nitrogens with zero attached hydrogens (tertiary/aromatic N) is 5. The van der Waals surface area contributed by atoms with Gasteiger partial charge in [0.05, 0.1) is 6.04 Å². The molecule has 0 aliphatic carbocycles. The van der Waals surface area contributed by atoms with E-state index in [-0.39, 0.29) is 29.1 Å². The van der Waals surface area contributed by atoms with Crippen molar-refractivity contribution in [2.45, 2.75) is 18.9 Å². The van der Waals surface area contributed by atoms with E-state index in [0.29, 0.717) is 23.6 Å². The average Bonchev–Trinajstić information content (AvgIpc) is 3.34. The minimum absolute atomic E-state index is 0.0857. The second-order valence-corrected chi connectivity index (χ2v) is 6.08. The van der Waals surface area contributed by atoms with Crippen LogP contribution in [0.5, 0.6) is 0 Å². The molecule has 1 atom stereocenters. The first-order valence-electron chi connectivity index (χ1n) is 7.67. The molecule has 0 amide bonds. The number of aromatic nitrogens is 5. The predicted octanol–water partition coefficient (Wildman–Crippen LogP) is 3.12. The first-order valence-corrected chi connectivity index (χ1v) is 8.05. The van der Waals surface area contributed by atoms with Gasteiger partial charge in [0.1, 0.15) is 5.69 Å². The van der Waals surface area contributed by atoms with Gasteiger partial charge in [-0.3, -0.25) is 0 Å². The number of hydrogen-bond acceptors (Lipinski definition) is 6. The van der Waals surface area contributed by atoms with Crippen molar-refractivity contribution in [1.82, 2.24) is 30.5 Å². The smallest absolute Gasteiger partial charge is 0.282 e. The lowest BCUT2D eigenvalue weighted by atomic mass is 10.2. The number of rotatable bonds is 4. The molecule has 10 heteroatoms. The average molecular weight is 367 g/mol. The molecule has 3 heterocycles. The van der Waals surface area contributed by atoms with E-state index in [9.17, 15) is 8.78 Å². The highest BCUT2D eigenvalue weighted by molar-refractivity contribution is 6.30. The summed E-state index contributed by atoms with van der Waals surface area (Å²) in [5.74, 6) is 0.182. The van der Waals surface area contributed by atoms with Crippen LogP contribution in [0, 0.1) is 0 Å². The van der Waals surface area contributed by atoms with E-state index in [1.54, 1.807) is 24.3 Å². The van der Waals surface area contributed by atoms with Crippen molar-refractivity contribution < 1.29 is 13.3 Å². The van der Waals surface area contributed by atoms with E-state index in [2.05, 4.69) is 25.8 Å². The van der Waals surface area contributed by atoms with E-state index in [1.165, 1.54) is 4.68 Å². The minimum Gasteiger partial charge on any atom is -0.332 e. The first-order chi connectivity index (χ1) is 12.1. The van der Waals surface area contributed by atoms with Gasteiger partial charge in [-0.25, -0.2) is 13.5 Å². The Morgan fingerprint density at radius 1 is 1.28 bits per heavy atom. The zero-order valence-electron chi connectivity index (χ0n) is 12.9. The van der Waals surface area contributed by atoms with Crippen molar-refractivity contribution in [3.05, 3.63) is 35.0 Å². The van der Waals surface area contributed by atoms with Crippen LogP contribution in [0.4, 0.5) is 8.78 Å². The molecule has 2 aromatic heterocycles. The quantitative estimate of drug-likeness (QED) is 0.764. The number of alkyl halides is 2. The van der Waals surface area contributed by atoms with Gasteiger partial charge < -0.3 is 9.84 Å². The molecule has 1 fully saturated rings. The third-order valence-corrected chi connectivity index (χ3v) is 4.30. The topological polar surface area (TPSA) is 81.7 Å². The molecule has 0 saturated carbocycles. The monoisotopic (exact) mass is 366 g/mol. The van der Waals surface area contributed by atoms with Crippen LogP contribution >= 0.6 is 11.6 Å². The maximum Gasteiger partial charge on any atom is 0.282 e. The Bertz CT molecular complexity index is 873. The Labute approximate surface area is 146 Å². The van der Waals surface area contributed by atoms with Gasteiger partial charge in [-0.05, 0) is 37.2 Å². The summed E-state index contributed by atoms with van der Waals surface area (Å²) in [7, 11) is 0. The van der Waals surface area contributed by atoms with Crippen molar-refractivity contribution in [3.8, 4) is 23.0 Å². The van der Waals surface area contributed by atoms with Gasteiger partial charge in [0, 0.05) is 17.1 Å². The molecule has 1 aliphatic heterocycles. The Morgan fingerprint density at radius 3 is 2.76 bits per heavy atom. The molecule has 1 saturated heterocycles. The SMILES string of the molecule is FC(F)c1c(-c2nc(-c3ccc(Cl)cc3)no2)nnn1C1CCNC1. The van der Waals surface area contributed by atoms with Gasteiger partial charge >= 0.3 is 0 Å². The summed E-state index contributed by atoms with van der Waals surface area (Å²) in [6.45, 7) is 1.33. The largest absolute Gasteiger partial charge is 0.332 e. The van der Waals surface area contributed by atoms with E-state index < -0.39 is 6.43 Å². The Hall–Kier alpha value is -2.39. The van der Waals surface area contributed by atoms with E-state index >= 15 is 0 Å². The van der Waals surface area contributed by atoms with Crippen molar-refractivity contribution in [1.29, 1.82) is 0 Å². The van der Waals surface area contributed by atoms with Crippen LogP contribution in [0.25, 0.3) is 23.0 Å². The highest BCUT2D eigenvalue weighted by Crippen LogP contribution is 2.32. The van der Waals surface area contributed by atoms with Crippen LogP contribution < -0.4 is 5.32 Å². The lowest BCUT2D eigenvalue weighted by Crippen LogP contribution is -2.17. The molecule has 7 nitrogen and oxygen atoms in total. The molecule has 0 radical (unpaired) electrons. The predicted molar refractivity (Wildman–Crippen MR) is 85.2 cm³/mol. The van der Waals surface area contributed by atoms with Crippen LogP contribution in [0.15, 0.2) is 28.8 Å². The maximum absolute atomic E-state index is 13.6. The van der Waals surface area contributed by atoms with Gasteiger partial charge in [-0.2, -0.15) is 4.98 Å². The zero-order chi connectivity index (χ0) is 17.4. The van der Waals surface area contributed by atoms with Crippen LogP contribution in [0.3, 0.4) is 0 Å². The molecule has 25 heavy (non-hydrogen) atoms. The molecular formula is C15H13ClF2N6O. The summed E-state index contributed by atoms with van der Waals surface area (Å²) in [5.41, 5.74) is 0.264. The van der Waals surface area contributed by atoms with Crippen molar-refractivity contribution in [3.63, 3.8) is 0 Å². The molecule has 0 bridgehead atoms. The summed E-state index contributed by atoms with van der Waals surface area (Å²) in [4.78, 5) is 4.18. The fraction of sp³-hybridized carbons (Fsp3) is 0.333. The van der Waals surface area contributed by atoms with Crippen LogP contribution in [0.1, 0.15) is 24.6 Å². The molecule has 4 rings (SSSR count). The molecule has 130 valence electrons. The van der Waals surface area contributed by atoms with Crippen molar-refractivity contribution in [2.75, 3.05) is 13.1 Å². The standard InChI is InChI=1S/C15H13ClF2N6O/c16-9-3-1-8(2-4-9)14-20-15(25-22-14)11-12(13(17)18)24(23-21-11)10-5-6-19-7-10/h1-4,10,13,19H,5-7H2. The second-order valence-electron chi connectivity index (χ2n) is 5.65. The van der Waals surface area contributed by atoms with E-state index in [4.69, 9.17) is 16.1 Å². The summed E-state index contributed by atoms with van der Waals surface area (Å²) in [6, 6.07) is 6.63. The molecule has 1 aromatic carbocycles. The summed E-state index contributed by atoms with van der Waals surface area (Å²) in [5, 5.41) is 15.3. The van der Waals surface area contributed by atoms with Gasteiger partial charge in [-0.1, -0.05) is 22.0 Å². The van der Waals surface area contributed by atoms with Crippen LogP contribution in [-0.2, 0) is 0 Å². The van der Waals surface area contributed by atoms with Crippen molar-refractivity contribution in [2.24, 2.45) is 0 Å². The van der Waals surface area contributed by atoms with Gasteiger partial charge in [0.15, 0.2) is 5.69 Å². The zero-order valence-corrected chi connectivity index (χ0v) is 13.6. The third-order valence-electron chi connectivity index (χ3n) is 4.05. The lowest BCUT2D eigenvalue weighted by Gasteiger charge is -2.11. The minimum atomic E-state index is -2.75. The lowest BCUT2D eigenvalue weighted by molar-refractivity contribution is 0.136. The molecule has 1 aliphatic rings. The molecule has 3 aromatic rings. The highest BCUT2D eigenvalue weighted by Gasteiger charge is 2.31. The van der Waals surface area contributed by atoms with Crippen molar-refractivity contribution >= 4 is 11.6 Å². The molecule has 1 N–H and O–H groups in total. The third kappa shape index (κ3) is 3.00. The molecular weight excluding hydrogens is 354 g/mol. The maximum atomic E-state index is 13.6. The van der Waals surface area contributed by atoms with E-state index in [0.717, 1.165) is 6.54 Å². The normalized spacial score (nSPS) is 17.5. The Morgan fingerprint density at radius 2 is 2.08 bits per heavy atom. The summed E-state index contributed by atoms with van der Waals surface area (Å²) in [6.07, 6.45) is -2.04. The van der Waals surface area contributed by atoms with Gasteiger partial charge in [0.25, 0.3) is 12.3 Å². The molecule has 1 unspecified atom stereocenters. The Balaban J connectivity index is 1.71. The molecule has 0 spiro atoms. The summed E-state index contributed by atoms with van der Waals surface area (Å²) >= 11 is 5.85. The van der Waals surface area contributed by atoms with Gasteiger partial charge in [0.2, 0.25) is 5.82 Å². The fourth-order valence-corrected chi connectivity index (χ4v) is 2.94. The number of hydrogen-bond donors (Lipinski definition) is 1.